The van der Waals surface area contributed by atoms with Crippen LogP contribution in [0.25, 0.3) is 0 Å². The number of rotatable bonds is 8. The SMILES string of the molecule is COc1c(C)c2c(c(O)c1C/C=C(\C)CCC(=O)Nc1ccc(NC(C)=O)cc1)C(=O)OC2. The predicted molar refractivity (Wildman–Crippen MR) is 125 cm³/mol. The van der Waals surface area contributed by atoms with E-state index in [9.17, 15) is 19.5 Å². The van der Waals surface area contributed by atoms with E-state index in [1.807, 2.05) is 19.9 Å². The molecule has 33 heavy (non-hydrogen) atoms. The summed E-state index contributed by atoms with van der Waals surface area (Å²) in [6, 6.07) is 6.89. The van der Waals surface area contributed by atoms with E-state index in [0.29, 0.717) is 41.1 Å². The highest BCUT2D eigenvalue weighted by molar-refractivity contribution is 5.98. The maximum absolute atomic E-state index is 12.3. The molecular formula is C25H28N2O6. The average molecular weight is 453 g/mol. The van der Waals surface area contributed by atoms with Gasteiger partial charge < -0.3 is 25.2 Å². The fourth-order valence-electron chi connectivity index (χ4n) is 3.78. The van der Waals surface area contributed by atoms with E-state index < -0.39 is 5.97 Å². The van der Waals surface area contributed by atoms with Crippen LogP contribution in [0.4, 0.5) is 11.4 Å². The van der Waals surface area contributed by atoms with Crippen LogP contribution in [0.1, 0.15) is 53.7 Å². The van der Waals surface area contributed by atoms with Crippen LogP contribution in [0.2, 0.25) is 0 Å². The Morgan fingerprint density at radius 3 is 2.36 bits per heavy atom. The second-order valence-corrected chi connectivity index (χ2v) is 7.98. The molecule has 1 aliphatic heterocycles. The van der Waals surface area contributed by atoms with E-state index in [2.05, 4.69) is 10.6 Å². The number of cyclic esters (lactones) is 1. The molecule has 3 N–H and O–H groups in total. The zero-order chi connectivity index (χ0) is 24.1. The first kappa shape index (κ1) is 23.8. The topological polar surface area (TPSA) is 114 Å². The lowest BCUT2D eigenvalue weighted by molar-refractivity contribution is -0.116. The van der Waals surface area contributed by atoms with Crippen molar-refractivity contribution in [3.63, 3.8) is 0 Å². The molecule has 0 spiro atoms. The Labute approximate surface area is 192 Å². The number of hydrogen-bond acceptors (Lipinski definition) is 6. The first-order valence-electron chi connectivity index (χ1n) is 10.6. The molecule has 3 rings (SSSR count). The molecule has 0 fully saturated rings. The summed E-state index contributed by atoms with van der Waals surface area (Å²) in [4.78, 5) is 35.4. The van der Waals surface area contributed by atoms with Crippen molar-refractivity contribution in [2.75, 3.05) is 17.7 Å². The number of aromatic hydroxyl groups is 1. The molecule has 8 nitrogen and oxygen atoms in total. The molecule has 8 heteroatoms. The lowest BCUT2D eigenvalue weighted by Crippen LogP contribution is -2.11. The van der Waals surface area contributed by atoms with Gasteiger partial charge in [-0.1, -0.05) is 11.6 Å². The van der Waals surface area contributed by atoms with Crippen molar-refractivity contribution in [3.05, 3.63) is 58.2 Å². The third kappa shape index (κ3) is 5.52. The van der Waals surface area contributed by atoms with Gasteiger partial charge in [0.2, 0.25) is 11.8 Å². The van der Waals surface area contributed by atoms with Gasteiger partial charge in [0, 0.05) is 35.8 Å². The van der Waals surface area contributed by atoms with Crippen LogP contribution in [-0.4, -0.2) is 30.0 Å². The molecule has 2 amide bonds. The van der Waals surface area contributed by atoms with Gasteiger partial charge in [-0.05, 0) is 56.5 Å². The molecule has 0 aliphatic carbocycles. The van der Waals surface area contributed by atoms with Crippen LogP contribution >= 0.6 is 0 Å². The van der Waals surface area contributed by atoms with Crippen LogP contribution in [0.3, 0.4) is 0 Å². The molecule has 0 aromatic heterocycles. The third-order valence-electron chi connectivity index (χ3n) is 5.54. The number of phenolic OH excluding ortho intramolecular Hbond substituents is 1. The fraction of sp³-hybridized carbons (Fsp3) is 0.320. The molecule has 2 aromatic carbocycles. The number of anilines is 2. The fourth-order valence-corrected chi connectivity index (χ4v) is 3.78. The van der Waals surface area contributed by atoms with Crippen LogP contribution < -0.4 is 15.4 Å². The second kappa shape index (κ2) is 10.2. The number of phenols is 1. The summed E-state index contributed by atoms with van der Waals surface area (Å²) >= 11 is 0. The van der Waals surface area contributed by atoms with Crippen molar-refractivity contribution in [3.8, 4) is 11.5 Å². The van der Waals surface area contributed by atoms with Crippen molar-refractivity contribution in [2.45, 2.75) is 46.6 Å². The molecule has 0 bridgehead atoms. The average Bonchev–Trinajstić information content (AvgIpc) is 3.16. The van der Waals surface area contributed by atoms with E-state index in [1.165, 1.54) is 14.0 Å². The smallest absolute Gasteiger partial charge is 0.342 e. The quantitative estimate of drug-likeness (QED) is 0.408. The van der Waals surface area contributed by atoms with Gasteiger partial charge in [-0.3, -0.25) is 9.59 Å². The molecule has 1 aliphatic rings. The number of allylic oxidation sites excluding steroid dienone is 2. The lowest BCUT2D eigenvalue weighted by atomic mass is 9.94. The summed E-state index contributed by atoms with van der Waals surface area (Å²) in [5.41, 5.74) is 4.43. The largest absolute Gasteiger partial charge is 0.507 e. The monoisotopic (exact) mass is 452 g/mol. The molecule has 174 valence electrons. The Morgan fingerprint density at radius 1 is 1.12 bits per heavy atom. The number of amides is 2. The van der Waals surface area contributed by atoms with Gasteiger partial charge in [0.25, 0.3) is 0 Å². The van der Waals surface area contributed by atoms with Gasteiger partial charge in [0.05, 0.1) is 7.11 Å². The zero-order valence-corrected chi connectivity index (χ0v) is 19.2. The van der Waals surface area contributed by atoms with Crippen LogP contribution in [0.15, 0.2) is 35.9 Å². The van der Waals surface area contributed by atoms with E-state index in [-0.39, 0.29) is 36.2 Å². The molecule has 0 radical (unpaired) electrons. The number of carbonyl (C=O) groups is 3. The van der Waals surface area contributed by atoms with Crippen molar-refractivity contribution < 1.29 is 29.0 Å². The van der Waals surface area contributed by atoms with Gasteiger partial charge in [-0.2, -0.15) is 0 Å². The first-order chi connectivity index (χ1) is 15.7. The second-order valence-electron chi connectivity index (χ2n) is 7.98. The normalized spacial score (nSPS) is 12.7. The van der Waals surface area contributed by atoms with Crippen LogP contribution in [0.5, 0.6) is 11.5 Å². The molecule has 0 saturated carbocycles. The van der Waals surface area contributed by atoms with Crippen molar-refractivity contribution in [1.82, 2.24) is 0 Å². The van der Waals surface area contributed by atoms with Gasteiger partial charge in [-0.25, -0.2) is 4.79 Å². The number of hydrogen-bond donors (Lipinski definition) is 3. The minimum absolute atomic E-state index is 0.112. The highest BCUT2D eigenvalue weighted by Crippen LogP contribution is 2.42. The number of esters is 1. The maximum Gasteiger partial charge on any atom is 0.342 e. The summed E-state index contributed by atoms with van der Waals surface area (Å²) in [7, 11) is 1.53. The van der Waals surface area contributed by atoms with Gasteiger partial charge in [-0.15, -0.1) is 0 Å². The third-order valence-corrected chi connectivity index (χ3v) is 5.54. The summed E-state index contributed by atoms with van der Waals surface area (Å²) < 4.78 is 10.6. The summed E-state index contributed by atoms with van der Waals surface area (Å²) in [5.74, 6) is -0.396. The lowest BCUT2D eigenvalue weighted by Gasteiger charge is -2.15. The maximum atomic E-state index is 12.3. The Kier molecular flexibility index (Phi) is 7.37. The Morgan fingerprint density at radius 2 is 1.76 bits per heavy atom. The van der Waals surface area contributed by atoms with E-state index in [4.69, 9.17) is 9.47 Å². The number of fused-ring (bicyclic) bond motifs is 1. The van der Waals surface area contributed by atoms with Gasteiger partial charge in [0.15, 0.2) is 0 Å². The van der Waals surface area contributed by atoms with Crippen molar-refractivity contribution >= 4 is 29.2 Å². The summed E-state index contributed by atoms with van der Waals surface area (Å²) in [6.45, 7) is 5.31. The zero-order valence-electron chi connectivity index (χ0n) is 19.2. The molecule has 0 saturated heterocycles. The molecular weight excluding hydrogens is 424 g/mol. The highest BCUT2D eigenvalue weighted by atomic mass is 16.5. The number of carbonyl (C=O) groups excluding carboxylic acids is 3. The number of methoxy groups -OCH3 is 1. The van der Waals surface area contributed by atoms with Crippen molar-refractivity contribution in [2.24, 2.45) is 0 Å². The highest BCUT2D eigenvalue weighted by Gasteiger charge is 2.31. The Bertz CT molecular complexity index is 1120. The first-order valence-corrected chi connectivity index (χ1v) is 10.6. The van der Waals surface area contributed by atoms with Crippen LogP contribution in [-0.2, 0) is 27.4 Å². The number of nitrogens with one attached hydrogen (secondary N) is 2. The van der Waals surface area contributed by atoms with Gasteiger partial charge >= 0.3 is 5.97 Å². The summed E-state index contributed by atoms with van der Waals surface area (Å²) in [5, 5.41) is 16.2. The van der Waals surface area contributed by atoms with Gasteiger partial charge in [0.1, 0.15) is 23.7 Å². The standard InChI is InChI=1S/C25H28N2O6/c1-14(6-12-21(29)27-18-9-7-17(8-10-18)26-16(3)28)5-11-19-23(30)22-20(13-33-25(22)31)15(2)24(19)32-4/h5,7-10,30H,6,11-13H2,1-4H3,(H,26,28)(H,27,29)/b14-5+. The van der Waals surface area contributed by atoms with Crippen molar-refractivity contribution in [1.29, 1.82) is 0 Å². The number of ether oxygens (including phenoxy) is 2. The molecule has 1 heterocycles. The minimum Gasteiger partial charge on any atom is -0.507 e. The number of benzene rings is 2. The van der Waals surface area contributed by atoms with E-state index in [1.54, 1.807) is 24.3 Å². The predicted octanol–water partition coefficient (Wildman–Crippen LogP) is 4.25. The molecule has 0 unspecified atom stereocenters. The molecule has 2 aromatic rings. The van der Waals surface area contributed by atoms with E-state index in [0.717, 1.165) is 11.1 Å². The Hall–Kier alpha value is -3.81. The van der Waals surface area contributed by atoms with E-state index >= 15 is 0 Å². The Balaban J connectivity index is 1.61. The van der Waals surface area contributed by atoms with Crippen LogP contribution in [0, 0.1) is 6.92 Å². The minimum atomic E-state index is -0.531. The summed E-state index contributed by atoms with van der Waals surface area (Å²) in [6.07, 6.45) is 3.09. The molecule has 0 atom stereocenters.